The van der Waals surface area contributed by atoms with Gasteiger partial charge in [-0.3, -0.25) is 9.59 Å². The number of carboxylic acid groups (broad SMARTS) is 1. The van der Waals surface area contributed by atoms with E-state index in [2.05, 4.69) is 0 Å². The molecule has 0 bridgehead atoms. The number of carbonyl (C=O) groups is 2. The average molecular weight is 315 g/mol. The summed E-state index contributed by atoms with van der Waals surface area (Å²) in [5.74, 6) is -1.60. The van der Waals surface area contributed by atoms with Crippen molar-refractivity contribution < 1.29 is 14.7 Å². The number of rotatable bonds is 3. The Kier molecular flexibility index (Phi) is 3.98. The van der Waals surface area contributed by atoms with Gasteiger partial charge in [0.2, 0.25) is 0 Å². The van der Waals surface area contributed by atoms with Crippen LogP contribution < -0.4 is 0 Å². The van der Waals surface area contributed by atoms with Crippen molar-refractivity contribution in [2.75, 3.05) is 13.1 Å². The summed E-state index contributed by atoms with van der Waals surface area (Å²) < 4.78 is 0. The fourth-order valence-corrected chi connectivity index (χ4v) is 3.89. The maximum atomic E-state index is 12.6. The number of carbonyl (C=O) groups excluding carboxylic acids is 1. The van der Waals surface area contributed by atoms with Gasteiger partial charge in [-0.25, -0.2) is 0 Å². The van der Waals surface area contributed by atoms with Crippen LogP contribution in [0.4, 0.5) is 0 Å². The van der Waals surface area contributed by atoms with E-state index in [0.717, 1.165) is 11.1 Å². The molecule has 22 heavy (non-hydrogen) atoms. The third-order valence-corrected chi connectivity index (χ3v) is 5.21. The molecular weight excluding hydrogens is 298 g/mol. The second kappa shape index (κ2) is 5.93. The van der Waals surface area contributed by atoms with Gasteiger partial charge >= 0.3 is 5.97 Å². The molecule has 2 aromatic rings. The Labute approximate surface area is 133 Å². The minimum atomic E-state index is -0.841. The lowest BCUT2D eigenvalue weighted by atomic mass is 9.89. The van der Waals surface area contributed by atoms with Gasteiger partial charge in [0.25, 0.3) is 5.91 Å². The molecule has 1 aromatic carbocycles. The number of thiophene rings is 1. The predicted molar refractivity (Wildman–Crippen MR) is 85.3 cm³/mol. The molecule has 4 nitrogen and oxygen atoms in total. The van der Waals surface area contributed by atoms with Crippen LogP contribution in [0.5, 0.6) is 0 Å². The van der Waals surface area contributed by atoms with E-state index >= 15 is 0 Å². The molecule has 1 fully saturated rings. The van der Waals surface area contributed by atoms with Crippen LogP contribution in [0.1, 0.15) is 26.7 Å². The summed E-state index contributed by atoms with van der Waals surface area (Å²) in [5, 5.41) is 11.4. The molecule has 5 heteroatoms. The van der Waals surface area contributed by atoms with Gasteiger partial charge in [0, 0.05) is 19.0 Å². The highest BCUT2D eigenvalue weighted by Crippen LogP contribution is 2.34. The van der Waals surface area contributed by atoms with Crippen molar-refractivity contribution in [3.05, 3.63) is 57.8 Å². The molecule has 3 rings (SSSR count). The van der Waals surface area contributed by atoms with Gasteiger partial charge in [0.05, 0.1) is 10.8 Å². The first-order chi connectivity index (χ1) is 10.6. The molecule has 114 valence electrons. The zero-order valence-corrected chi connectivity index (χ0v) is 13.0. The summed E-state index contributed by atoms with van der Waals surface area (Å²) in [6.07, 6.45) is 0. The zero-order chi connectivity index (χ0) is 15.7. The molecule has 1 amide bonds. The molecular formula is C17H17NO3S. The summed E-state index contributed by atoms with van der Waals surface area (Å²) in [4.78, 5) is 26.6. The van der Waals surface area contributed by atoms with Gasteiger partial charge in [0.1, 0.15) is 0 Å². The van der Waals surface area contributed by atoms with Crippen molar-refractivity contribution in [2.45, 2.75) is 12.8 Å². The van der Waals surface area contributed by atoms with E-state index in [0.29, 0.717) is 11.4 Å². The maximum Gasteiger partial charge on any atom is 0.308 e. The van der Waals surface area contributed by atoms with Gasteiger partial charge in [-0.05, 0) is 29.5 Å². The van der Waals surface area contributed by atoms with Crippen molar-refractivity contribution in [1.29, 1.82) is 0 Å². The molecule has 0 saturated carbocycles. The van der Waals surface area contributed by atoms with E-state index in [1.807, 2.05) is 48.7 Å². The highest BCUT2D eigenvalue weighted by molar-refractivity contribution is 7.12. The van der Waals surface area contributed by atoms with Crippen LogP contribution in [-0.2, 0) is 4.79 Å². The molecule has 1 aliphatic heterocycles. The topological polar surface area (TPSA) is 57.6 Å². The Morgan fingerprint density at radius 3 is 2.50 bits per heavy atom. The number of nitrogens with zero attached hydrogens (tertiary/aromatic N) is 1. The molecule has 1 N–H and O–H groups in total. The van der Waals surface area contributed by atoms with Crippen molar-refractivity contribution >= 4 is 23.2 Å². The first-order valence-corrected chi connectivity index (χ1v) is 8.07. The van der Waals surface area contributed by atoms with E-state index < -0.39 is 11.9 Å². The Morgan fingerprint density at radius 1 is 1.18 bits per heavy atom. The lowest BCUT2D eigenvalue weighted by molar-refractivity contribution is -0.141. The summed E-state index contributed by atoms with van der Waals surface area (Å²) in [7, 11) is 0. The molecule has 2 atom stereocenters. The number of amides is 1. The number of aliphatic carboxylic acids is 1. The number of hydrogen-bond donors (Lipinski definition) is 1. The van der Waals surface area contributed by atoms with E-state index in [4.69, 9.17) is 0 Å². The van der Waals surface area contributed by atoms with E-state index in [1.54, 1.807) is 4.90 Å². The molecule has 1 saturated heterocycles. The average Bonchev–Trinajstić information content (AvgIpc) is 3.14. The number of benzene rings is 1. The lowest BCUT2D eigenvalue weighted by Gasteiger charge is -2.16. The number of likely N-dealkylation sites (tertiary alicyclic amines) is 1. The standard InChI is InChI=1S/C17H17NO3S/c1-11-7-8-22-15(11)16(19)18-9-13(14(10-18)17(20)21)12-5-3-2-4-6-12/h2-8,13-14H,9-10H2,1H3,(H,20,21). The van der Waals surface area contributed by atoms with Crippen LogP contribution in [0.2, 0.25) is 0 Å². The fraction of sp³-hybridized carbons (Fsp3) is 0.294. The van der Waals surface area contributed by atoms with Crippen molar-refractivity contribution in [3.63, 3.8) is 0 Å². The van der Waals surface area contributed by atoms with E-state index in [-0.39, 0.29) is 18.4 Å². The van der Waals surface area contributed by atoms with Crippen LogP contribution >= 0.6 is 11.3 Å². The van der Waals surface area contributed by atoms with Gasteiger partial charge < -0.3 is 10.0 Å². The number of carboxylic acids is 1. The third-order valence-electron chi connectivity index (χ3n) is 4.21. The number of hydrogen-bond acceptors (Lipinski definition) is 3. The Bertz CT molecular complexity index is 695. The van der Waals surface area contributed by atoms with Crippen LogP contribution in [-0.4, -0.2) is 35.0 Å². The maximum absolute atomic E-state index is 12.6. The van der Waals surface area contributed by atoms with Crippen LogP contribution in [0, 0.1) is 12.8 Å². The smallest absolute Gasteiger partial charge is 0.308 e. The first kappa shape index (κ1) is 14.8. The molecule has 2 heterocycles. The first-order valence-electron chi connectivity index (χ1n) is 7.19. The van der Waals surface area contributed by atoms with Gasteiger partial charge in [-0.15, -0.1) is 11.3 Å². The highest BCUT2D eigenvalue weighted by Gasteiger charge is 2.40. The fourth-order valence-electron chi connectivity index (χ4n) is 2.99. The summed E-state index contributed by atoms with van der Waals surface area (Å²) in [6, 6.07) is 11.5. The normalized spacial score (nSPS) is 21.0. The SMILES string of the molecule is Cc1ccsc1C(=O)N1CC(C(=O)O)C(c2ccccc2)C1. The zero-order valence-electron chi connectivity index (χ0n) is 12.2. The van der Waals surface area contributed by atoms with Gasteiger partial charge in [0.15, 0.2) is 0 Å². The second-order valence-electron chi connectivity index (χ2n) is 5.60. The molecule has 1 aliphatic rings. The van der Waals surface area contributed by atoms with Crippen LogP contribution in [0.3, 0.4) is 0 Å². The van der Waals surface area contributed by atoms with Crippen molar-refractivity contribution in [2.24, 2.45) is 5.92 Å². The van der Waals surface area contributed by atoms with Crippen molar-refractivity contribution in [1.82, 2.24) is 4.90 Å². The van der Waals surface area contributed by atoms with Gasteiger partial charge in [-0.2, -0.15) is 0 Å². The molecule has 0 aliphatic carbocycles. The molecule has 0 spiro atoms. The summed E-state index contributed by atoms with van der Waals surface area (Å²) in [6.45, 7) is 2.63. The Morgan fingerprint density at radius 2 is 1.91 bits per heavy atom. The largest absolute Gasteiger partial charge is 0.481 e. The Balaban J connectivity index is 1.86. The third kappa shape index (κ3) is 2.64. The van der Waals surface area contributed by atoms with E-state index in [1.165, 1.54) is 11.3 Å². The van der Waals surface area contributed by atoms with Crippen molar-refractivity contribution in [3.8, 4) is 0 Å². The lowest BCUT2D eigenvalue weighted by Crippen LogP contribution is -2.29. The van der Waals surface area contributed by atoms with Crippen LogP contribution in [0.15, 0.2) is 41.8 Å². The minimum Gasteiger partial charge on any atom is -0.481 e. The van der Waals surface area contributed by atoms with E-state index in [9.17, 15) is 14.7 Å². The quantitative estimate of drug-likeness (QED) is 0.947. The molecule has 1 aromatic heterocycles. The number of aryl methyl sites for hydroxylation is 1. The second-order valence-corrected chi connectivity index (χ2v) is 6.52. The summed E-state index contributed by atoms with van der Waals surface area (Å²) in [5.41, 5.74) is 1.93. The highest BCUT2D eigenvalue weighted by atomic mass is 32.1. The monoisotopic (exact) mass is 315 g/mol. The van der Waals surface area contributed by atoms with Gasteiger partial charge in [-0.1, -0.05) is 30.3 Å². The predicted octanol–water partition coefficient (Wildman–Crippen LogP) is 3.00. The summed E-state index contributed by atoms with van der Waals surface area (Å²) >= 11 is 1.41. The molecule has 2 unspecified atom stereocenters. The van der Waals surface area contributed by atoms with Crippen LogP contribution in [0.25, 0.3) is 0 Å². The minimum absolute atomic E-state index is 0.0582. The molecule has 0 radical (unpaired) electrons. The Hall–Kier alpha value is -2.14.